The van der Waals surface area contributed by atoms with Crippen molar-refractivity contribution in [1.82, 2.24) is 0 Å². The minimum absolute atomic E-state index is 0.552. The number of hydrogen-bond donors (Lipinski definition) is 0. The zero-order valence-corrected chi connectivity index (χ0v) is 14.7. The molecule has 3 nitrogen and oxygen atoms in total. The molecule has 0 heterocycles. The molecule has 2 aromatic rings. The van der Waals surface area contributed by atoms with Gasteiger partial charge in [-0.15, -0.1) is 0 Å². The van der Waals surface area contributed by atoms with E-state index in [0.29, 0.717) is 11.5 Å². The fourth-order valence-electron chi connectivity index (χ4n) is 1.77. The molecule has 2 rings (SSSR count). The molecule has 22 heavy (non-hydrogen) atoms. The first-order valence-electron chi connectivity index (χ1n) is 7.32. The van der Waals surface area contributed by atoms with Crippen LogP contribution in [-0.4, -0.2) is 5.16 Å². The molecule has 0 aliphatic heterocycles. The number of benzene rings is 2. The van der Waals surface area contributed by atoms with Gasteiger partial charge in [-0.3, -0.25) is 0 Å². The van der Waals surface area contributed by atoms with Crippen LogP contribution in [0.25, 0.3) is 0 Å². The number of aryl methyl sites for hydroxylation is 2. The van der Waals surface area contributed by atoms with Gasteiger partial charge in [-0.1, -0.05) is 35.4 Å². The summed E-state index contributed by atoms with van der Waals surface area (Å²) in [6.07, 6.45) is 0. The normalized spacial score (nSPS) is 12.0. The highest BCUT2D eigenvalue weighted by Crippen LogP contribution is 2.58. The van der Waals surface area contributed by atoms with Crippen LogP contribution in [0.15, 0.2) is 48.5 Å². The number of hydrogen-bond acceptors (Lipinski definition) is 3. The Hall–Kier alpha value is -1.73. The molecule has 2 aromatic carbocycles. The Balaban J connectivity index is 2.30. The molecule has 0 fully saturated rings. The summed E-state index contributed by atoms with van der Waals surface area (Å²) in [5, 5.41) is -0.636. The Morgan fingerprint density at radius 2 is 1.05 bits per heavy atom. The molecule has 0 spiro atoms. The molecule has 0 aromatic heterocycles. The van der Waals surface area contributed by atoms with Crippen molar-refractivity contribution in [2.75, 3.05) is 0 Å². The van der Waals surface area contributed by atoms with Gasteiger partial charge in [0.15, 0.2) is 0 Å². The van der Waals surface area contributed by atoms with E-state index in [-0.39, 0.29) is 0 Å². The lowest BCUT2D eigenvalue weighted by Crippen LogP contribution is -2.22. The molecule has 0 N–H and O–H groups in total. The SMILES string of the molecule is Cc1ccc(OP(=O)(Oc2ccc(C)cc2)C(C)(C)C)cc1. The highest BCUT2D eigenvalue weighted by Gasteiger charge is 2.43. The Morgan fingerprint density at radius 1 is 0.727 bits per heavy atom. The highest BCUT2D eigenvalue weighted by molar-refractivity contribution is 7.56. The van der Waals surface area contributed by atoms with Gasteiger partial charge in [0.2, 0.25) is 0 Å². The maximum absolute atomic E-state index is 13.3. The summed E-state index contributed by atoms with van der Waals surface area (Å²) in [5.74, 6) is 1.10. The molecule has 0 saturated heterocycles. The van der Waals surface area contributed by atoms with Crippen molar-refractivity contribution in [2.24, 2.45) is 0 Å². The molecule has 0 radical (unpaired) electrons. The van der Waals surface area contributed by atoms with E-state index in [4.69, 9.17) is 9.05 Å². The summed E-state index contributed by atoms with van der Waals surface area (Å²) in [5.41, 5.74) is 2.25. The van der Waals surface area contributed by atoms with Crippen LogP contribution >= 0.6 is 7.60 Å². The second kappa shape index (κ2) is 6.18. The molecular weight excluding hydrogens is 295 g/mol. The molecular formula is C18H23O3P. The van der Waals surface area contributed by atoms with Crippen molar-refractivity contribution in [3.05, 3.63) is 59.7 Å². The standard InChI is InChI=1S/C18H23O3P/c1-14-6-10-16(11-7-14)20-22(19,18(3,4)5)21-17-12-8-15(2)9-13-17/h6-13H,1-5H3. The first kappa shape index (κ1) is 16.6. The lowest BCUT2D eigenvalue weighted by molar-refractivity contribution is 0.356. The van der Waals surface area contributed by atoms with E-state index in [9.17, 15) is 4.57 Å². The van der Waals surface area contributed by atoms with Crippen molar-refractivity contribution in [1.29, 1.82) is 0 Å². The molecule has 0 aliphatic rings. The van der Waals surface area contributed by atoms with Crippen LogP contribution in [0.2, 0.25) is 0 Å². The molecule has 0 aliphatic carbocycles. The van der Waals surface area contributed by atoms with E-state index >= 15 is 0 Å². The van der Waals surface area contributed by atoms with Gasteiger partial charge in [-0.2, -0.15) is 0 Å². The predicted octanol–water partition coefficient (Wildman–Crippen LogP) is 5.75. The van der Waals surface area contributed by atoms with Crippen molar-refractivity contribution in [3.63, 3.8) is 0 Å². The summed E-state index contributed by atoms with van der Waals surface area (Å²) in [4.78, 5) is 0. The molecule has 0 bridgehead atoms. The van der Waals surface area contributed by atoms with Gasteiger partial charge < -0.3 is 9.05 Å². The molecule has 4 heteroatoms. The molecule has 118 valence electrons. The maximum Gasteiger partial charge on any atom is 0.435 e. The molecule has 0 atom stereocenters. The molecule has 0 saturated carbocycles. The van der Waals surface area contributed by atoms with Crippen LogP contribution in [0.5, 0.6) is 11.5 Å². The largest absolute Gasteiger partial charge is 0.435 e. The van der Waals surface area contributed by atoms with Crippen LogP contribution in [0, 0.1) is 13.8 Å². The number of rotatable bonds is 4. The van der Waals surface area contributed by atoms with Gasteiger partial charge in [0.25, 0.3) is 0 Å². The minimum Gasteiger partial charge on any atom is -0.416 e. The lowest BCUT2D eigenvalue weighted by Gasteiger charge is -2.30. The third-order valence-corrected chi connectivity index (χ3v) is 5.86. The fourth-order valence-corrected chi connectivity index (χ4v) is 3.15. The Morgan fingerprint density at radius 3 is 1.32 bits per heavy atom. The third-order valence-electron chi connectivity index (χ3n) is 3.31. The summed E-state index contributed by atoms with van der Waals surface area (Å²) in [6.45, 7) is 9.56. The summed E-state index contributed by atoms with van der Waals surface area (Å²) in [7, 11) is -3.38. The quantitative estimate of drug-likeness (QED) is 0.673. The van der Waals surface area contributed by atoms with Gasteiger partial charge in [0, 0.05) is 0 Å². The van der Waals surface area contributed by atoms with Crippen LogP contribution in [0.4, 0.5) is 0 Å². The van der Waals surface area contributed by atoms with Gasteiger partial charge in [0.1, 0.15) is 11.5 Å². The Bertz CT molecular complexity index is 615. The Kier molecular flexibility index (Phi) is 4.67. The van der Waals surface area contributed by atoms with E-state index in [0.717, 1.165) is 11.1 Å². The topological polar surface area (TPSA) is 35.5 Å². The van der Waals surface area contributed by atoms with E-state index in [1.807, 2.05) is 83.1 Å². The predicted molar refractivity (Wildman–Crippen MR) is 91.0 cm³/mol. The van der Waals surface area contributed by atoms with Gasteiger partial charge in [-0.25, -0.2) is 4.57 Å². The summed E-state index contributed by atoms with van der Waals surface area (Å²) in [6, 6.07) is 14.9. The molecule has 0 amide bonds. The molecule has 0 unspecified atom stereocenters. The van der Waals surface area contributed by atoms with E-state index in [1.54, 1.807) is 0 Å². The zero-order chi connectivity index (χ0) is 16.4. The zero-order valence-electron chi connectivity index (χ0n) is 13.8. The second-order valence-corrected chi connectivity index (χ2v) is 9.18. The van der Waals surface area contributed by atoms with E-state index in [1.165, 1.54) is 0 Å². The second-order valence-electron chi connectivity index (χ2n) is 6.48. The van der Waals surface area contributed by atoms with Crippen LogP contribution in [-0.2, 0) is 4.57 Å². The van der Waals surface area contributed by atoms with Gasteiger partial charge in [0.05, 0.1) is 5.16 Å². The van der Waals surface area contributed by atoms with E-state index < -0.39 is 12.8 Å². The Labute approximate surface area is 132 Å². The monoisotopic (exact) mass is 318 g/mol. The van der Waals surface area contributed by atoms with Crippen molar-refractivity contribution < 1.29 is 13.6 Å². The summed E-state index contributed by atoms with van der Waals surface area (Å²) >= 11 is 0. The van der Waals surface area contributed by atoms with Crippen LogP contribution in [0.3, 0.4) is 0 Å². The van der Waals surface area contributed by atoms with Gasteiger partial charge >= 0.3 is 7.60 Å². The van der Waals surface area contributed by atoms with Crippen molar-refractivity contribution >= 4 is 7.60 Å². The van der Waals surface area contributed by atoms with Crippen molar-refractivity contribution in [2.45, 2.75) is 39.8 Å². The van der Waals surface area contributed by atoms with Crippen LogP contribution < -0.4 is 9.05 Å². The first-order chi connectivity index (χ1) is 10.2. The smallest absolute Gasteiger partial charge is 0.416 e. The summed E-state index contributed by atoms with van der Waals surface area (Å²) < 4.78 is 24.9. The third kappa shape index (κ3) is 3.92. The maximum atomic E-state index is 13.3. The lowest BCUT2D eigenvalue weighted by atomic mass is 10.2. The van der Waals surface area contributed by atoms with Gasteiger partial charge in [-0.05, 0) is 58.9 Å². The van der Waals surface area contributed by atoms with E-state index in [2.05, 4.69) is 0 Å². The fraction of sp³-hybridized carbons (Fsp3) is 0.333. The first-order valence-corrected chi connectivity index (χ1v) is 8.86. The van der Waals surface area contributed by atoms with Crippen LogP contribution in [0.1, 0.15) is 31.9 Å². The highest BCUT2D eigenvalue weighted by atomic mass is 31.2. The van der Waals surface area contributed by atoms with Crippen molar-refractivity contribution in [3.8, 4) is 11.5 Å². The average Bonchev–Trinajstić information content (AvgIpc) is 2.43. The average molecular weight is 318 g/mol. The minimum atomic E-state index is -3.38.